The maximum atomic E-state index is 13.6. The molecule has 134 valence electrons. The molecule has 7 heteroatoms. The predicted octanol–water partition coefficient (Wildman–Crippen LogP) is 4.72. The van der Waals surface area contributed by atoms with E-state index in [2.05, 4.69) is 10.3 Å². The molecule has 3 aromatic rings. The highest BCUT2D eigenvalue weighted by atomic mass is 32.1. The second-order valence-corrected chi connectivity index (χ2v) is 6.83. The fraction of sp³-hybridized carbons (Fsp3) is 0.158. The van der Waals surface area contributed by atoms with Crippen molar-refractivity contribution < 1.29 is 18.0 Å². The summed E-state index contributed by atoms with van der Waals surface area (Å²) >= 11 is 1.32. The molecule has 0 spiro atoms. The molecule has 1 amide bonds. The van der Waals surface area contributed by atoms with Gasteiger partial charge in [-0.1, -0.05) is 12.1 Å². The van der Waals surface area contributed by atoms with Gasteiger partial charge >= 0.3 is 0 Å². The SMILES string of the molecule is O=C(CCc1cc(F)ccc1F)Nc1ncc(Cc2ccc(F)cc2)s1. The van der Waals surface area contributed by atoms with Crippen molar-refractivity contribution in [2.45, 2.75) is 19.3 Å². The molecule has 0 aliphatic rings. The zero-order chi connectivity index (χ0) is 18.5. The lowest BCUT2D eigenvalue weighted by molar-refractivity contribution is -0.116. The highest BCUT2D eigenvalue weighted by Crippen LogP contribution is 2.22. The summed E-state index contributed by atoms with van der Waals surface area (Å²) in [6.45, 7) is 0. The summed E-state index contributed by atoms with van der Waals surface area (Å²) in [5, 5.41) is 3.09. The van der Waals surface area contributed by atoms with Gasteiger partial charge in [0.05, 0.1) is 0 Å². The van der Waals surface area contributed by atoms with Gasteiger partial charge in [0.2, 0.25) is 5.91 Å². The third kappa shape index (κ3) is 4.92. The number of nitrogens with zero attached hydrogens (tertiary/aromatic N) is 1. The van der Waals surface area contributed by atoms with Crippen LogP contribution in [0.15, 0.2) is 48.7 Å². The number of aromatic nitrogens is 1. The summed E-state index contributed by atoms with van der Waals surface area (Å²) in [6.07, 6.45) is 2.36. The molecule has 2 aromatic carbocycles. The lowest BCUT2D eigenvalue weighted by atomic mass is 10.1. The largest absolute Gasteiger partial charge is 0.302 e. The molecule has 0 atom stereocenters. The van der Waals surface area contributed by atoms with Gasteiger partial charge in [-0.3, -0.25) is 4.79 Å². The molecule has 3 rings (SSSR count). The molecule has 1 heterocycles. The number of anilines is 1. The number of carbonyl (C=O) groups is 1. The molecule has 0 aliphatic carbocycles. The molecule has 1 aromatic heterocycles. The Balaban J connectivity index is 1.54. The van der Waals surface area contributed by atoms with Crippen LogP contribution in [0.4, 0.5) is 18.3 Å². The summed E-state index contributed by atoms with van der Waals surface area (Å²) in [5.41, 5.74) is 1.10. The average Bonchev–Trinajstić information content (AvgIpc) is 3.04. The number of halogens is 3. The topological polar surface area (TPSA) is 42.0 Å². The van der Waals surface area contributed by atoms with Crippen molar-refractivity contribution >= 4 is 22.4 Å². The van der Waals surface area contributed by atoms with E-state index >= 15 is 0 Å². The van der Waals surface area contributed by atoms with E-state index in [1.807, 2.05) is 0 Å². The van der Waals surface area contributed by atoms with E-state index in [-0.39, 0.29) is 30.1 Å². The van der Waals surface area contributed by atoms with Crippen LogP contribution in [0.25, 0.3) is 0 Å². The van der Waals surface area contributed by atoms with Crippen LogP contribution in [0.1, 0.15) is 22.4 Å². The fourth-order valence-electron chi connectivity index (χ4n) is 2.42. The van der Waals surface area contributed by atoms with Crippen LogP contribution >= 0.6 is 11.3 Å². The minimum absolute atomic E-state index is 0.0211. The predicted molar refractivity (Wildman–Crippen MR) is 94.6 cm³/mol. The smallest absolute Gasteiger partial charge is 0.226 e. The number of amides is 1. The van der Waals surface area contributed by atoms with Crippen LogP contribution < -0.4 is 5.32 Å². The first kappa shape index (κ1) is 18.1. The van der Waals surface area contributed by atoms with E-state index in [1.54, 1.807) is 18.3 Å². The van der Waals surface area contributed by atoms with Crippen LogP contribution in [0.2, 0.25) is 0 Å². The van der Waals surface area contributed by atoms with E-state index in [9.17, 15) is 18.0 Å². The molecule has 1 N–H and O–H groups in total. The number of benzene rings is 2. The molecule has 0 radical (unpaired) electrons. The van der Waals surface area contributed by atoms with Crippen molar-refractivity contribution in [3.63, 3.8) is 0 Å². The maximum absolute atomic E-state index is 13.6. The van der Waals surface area contributed by atoms with Gasteiger partial charge in [0.25, 0.3) is 0 Å². The Hall–Kier alpha value is -2.67. The van der Waals surface area contributed by atoms with Crippen LogP contribution in [0.5, 0.6) is 0 Å². The van der Waals surface area contributed by atoms with Crippen molar-refractivity contribution in [2.75, 3.05) is 5.32 Å². The van der Waals surface area contributed by atoms with E-state index in [1.165, 1.54) is 23.5 Å². The van der Waals surface area contributed by atoms with Gasteiger partial charge in [0.15, 0.2) is 5.13 Å². The van der Waals surface area contributed by atoms with Crippen molar-refractivity contribution in [3.05, 3.63) is 82.1 Å². The Morgan fingerprint density at radius 2 is 1.77 bits per heavy atom. The van der Waals surface area contributed by atoms with E-state index < -0.39 is 11.6 Å². The normalized spacial score (nSPS) is 10.7. The van der Waals surface area contributed by atoms with Crippen molar-refractivity contribution in [1.29, 1.82) is 0 Å². The molecule has 0 fully saturated rings. The first-order valence-corrected chi connectivity index (χ1v) is 8.74. The number of carbonyl (C=O) groups excluding carboxylic acids is 1. The highest BCUT2D eigenvalue weighted by molar-refractivity contribution is 7.15. The Morgan fingerprint density at radius 1 is 1.04 bits per heavy atom. The van der Waals surface area contributed by atoms with Crippen molar-refractivity contribution in [3.8, 4) is 0 Å². The van der Waals surface area contributed by atoms with E-state index in [0.717, 1.165) is 28.6 Å². The summed E-state index contributed by atoms with van der Waals surface area (Å²) < 4.78 is 39.6. The third-order valence-electron chi connectivity index (χ3n) is 3.72. The fourth-order valence-corrected chi connectivity index (χ4v) is 3.28. The van der Waals surface area contributed by atoms with Gasteiger partial charge in [0, 0.05) is 23.9 Å². The average molecular weight is 376 g/mol. The van der Waals surface area contributed by atoms with Gasteiger partial charge in [-0.15, -0.1) is 11.3 Å². The minimum atomic E-state index is -0.535. The van der Waals surface area contributed by atoms with Crippen LogP contribution in [-0.2, 0) is 17.6 Å². The molecule has 3 nitrogen and oxygen atoms in total. The summed E-state index contributed by atoms with van der Waals surface area (Å²) in [7, 11) is 0. The summed E-state index contributed by atoms with van der Waals surface area (Å²) in [5.74, 6) is -1.68. The molecule has 26 heavy (non-hydrogen) atoms. The van der Waals surface area contributed by atoms with E-state index in [0.29, 0.717) is 11.6 Å². The number of thiazole rings is 1. The number of nitrogens with one attached hydrogen (secondary N) is 1. The lowest BCUT2D eigenvalue weighted by Gasteiger charge is -2.04. The first-order chi connectivity index (χ1) is 12.5. The third-order valence-corrected chi connectivity index (χ3v) is 4.63. The van der Waals surface area contributed by atoms with Gasteiger partial charge in [0.1, 0.15) is 17.5 Å². The second-order valence-electron chi connectivity index (χ2n) is 5.72. The zero-order valence-electron chi connectivity index (χ0n) is 13.6. The molecule has 0 unspecified atom stereocenters. The summed E-state index contributed by atoms with van der Waals surface area (Å²) in [4.78, 5) is 17.0. The number of aryl methyl sites for hydroxylation is 1. The molecule has 0 saturated heterocycles. The maximum Gasteiger partial charge on any atom is 0.226 e. The van der Waals surface area contributed by atoms with Crippen LogP contribution in [0, 0.1) is 17.5 Å². The molecular weight excluding hydrogens is 361 g/mol. The number of hydrogen-bond acceptors (Lipinski definition) is 3. The highest BCUT2D eigenvalue weighted by Gasteiger charge is 2.10. The molecule has 0 saturated carbocycles. The molecule has 0 bridgehead atoms. The van der Waals surface area contributed by atoms with Crippen molar-refractivity contribution in [2.24, 2.45) is 0 Å². The van der Waals surface area contributed by atoms with Crippen LogP contribution in [-0.4, -0.2) is 10.9 Å². The second kappa shape index (κ2) is 8.14. The van der Waals surface area contributed by atoms with Gasteiger partial charge in [-0.2, -0.15) is 0 Å². The first-order valence-electron chi connectivity index (χ1n) is 7.92. The quantitative estimate of drug-likeness (QED) is 0.676. The Labute approximate surface area is 152 Å². The van der Waals surface area contributed by atoms with Gasteiger partial charge < -0.3 is 5.32 Å². The van der Waals surface area contributed by atoms with Gasteiger partial charge in [-0.05, 0) is 47.9 Å². The zero-order valence-corrected chi connectivity index (χ0v) is 14.5. The molecule has 0 aliphatic heterocycles. The molecular formula is C19H15F3N2OS. The van der Waals surface area contributed by atoms with Crippen molar-refractivity contribution in [1.82, 2.24) is 4.98 Å². The lowest BCUT2D eigenvalue weighted by Crippen LogP contribution is -2.12. The Kier molecular flexibility index (Phi) is 5.68. The number of hydrogen-bond donors (Lipinski definition) is 1. The summed E-state index contributed by atoms with van der Waals surface area (Å²) in [6, 6.07) is 9.35. The Bertz CT molecular complexity index is 909. The number of rotatable bonds is 6. The Morgan fingerprint density at radius 3 is 2.54 bits per heavy atom. The van der Waals surface area contributed by atoms with E-state index in [4.69, 9.17) is 0 Å². The standard InChI is InChI=1S/C19H15F3N2OS/c20-14-4-1-12(2-5-14)9-16-11-23-19(26-16)24-18(25)8-3-13-10-15(21)6-7-17(13)22/h1-2,4-7,10-11H,3,8-9H2,(H,23,24,25). The minimum Gasteiger partial charge on any atom is -0.302 e. The van der Waals surface area contributed by atoms with Gasteiger partial charge in [-0.25, -0.2) is 18.2 Å². The monoisotopic (exact) mass is 376 g/mol. The van der Waals surface area contributed by atoms with Crippen LogP contribution in [0.3, 0.4) is 0 Å².